The maximum absolute atomic E-state index is 12.3. The molecule has 0 unspecified atom stereocenters. The Hall–Kier alpha value is -2.63. The van der Waals surface area contributed by atoms with Gasteiger partial charge in [-0.05, 0) is 54.8 Å². The van der Waals surface area contributed by atoms with Crippen LogP contribution in [0.3, 0.4) is 0 Å². The molecule has 2 aliphatic heterocycles. The maximum Gasteiger partial charge on any atom is 0.251 e. The zero-order valence-electron chi connectivity index (χ0n) is 16.2. The van der Waals surface area contributed by atoms with Crippen LogP contribution < -0.4 is 10.1 Å². The third-order valence-electron chi connectivity index (χ3n) is 5.52. The molecule has 1 saturated heterocycles. The molecule has 2 heterocycles. The molecule has 0 saturated carbocycles. The molecule has 0 atom stereocenters. The number of aliphatic hydroxyl groups excluding tert-OH is 1. The summed E-state index contributed by atoms with van der Waals surface area (Å²) in [7, 11) is 2.16. The van der Waals surface area contributed by atoms with E-state index in [0.717, 1.165) is 37.2 Å². The van der Waals surface area contributed by atoms with Crippen molar-refractivity contribution in [3.63, 3.8) is 0 Å². The molecular weight excluding hydrogens is 352 g/mol. The molecule has 0 bridgehead atoms. The number of benzene rings is 2. The van der Waals surface area contributed by atoms with Crippen LogP contribution >= 0.6 is 0 Å². The predicted octanol–water partition coefficient (Wildman–Crippen LogP) is 2.83. The van der Waals surface area contributed by atoms with Gasteiger partial charge in [0.1, 0.15) is 12.4 Å². The number of fused-ring (bicyclic) bond motifs is 2. The maximum atomic E-state index is 12.3. The summed E-state index contributed by atoms with van der Waals surface area (Å²) >= 11 is 0. The second kappa shape index (κ2) is 8.17. The van der Waals surface area contributed by atoms with Gasteiger partial charge in [-0.1, -0.05) is 29.8 Å². The SMILES string of the molecule is CN1CCC(=C2c3ccccc3COc3cc(C(=O)NCCO)ccc32)CC1. The lowest BCUT2D eigenvalue weighted by atomic mass is 9.86. The Morgan fingerprint density at radius 3 is 2.71 bits per heavy atom. The number of nitrogens with one attached hydrogen (secondary N) is 1. The van der Waals surface area contributed by atoms with Gasteiger partial charge in [-0.3, -0.25) is 4.79 Å². The van der Waals surface area contributed by atoms with Crippen molar-refractivity contribution in [3.05, 3.63) is 70.3 Å². The number of piperidine rings is 1. The molecule has 2 aromatic carbocycles. The zero-order valence-corrected chi connectivity index (χ0v) is 16.2. The lowest BCUT2D eigenvalue weighted by Gasteiger charge is -2.27. The van der Waals surface area contributed by atoms with Gasteiger partial charge >= 0.3 is 0 Å². The van der Waals surface area contributed by atoms with Crippen molar-refractivity contribution in [2.45, 2.75) is 19.4 Å². The van der Waals surface area contributed by atoms with E-state index in [-0.39, 0.29) is 19.1 Å². The Bertz CT molecular complexity index is 910. The predicted molar refractivity (Wildman–Crippen MR) is 109 cm³/mol. The van der Waals surface area contributed by atoms with E-state index in [9.17, 15) is 4.79 Å². The summed E-state index contributed by atoms with van der Waals surface area (Å²) in [5.74, 6) is 0.546. The first-order valence-corrected chi connectivity index (χ1v) is 9.82. The summed E-state index contributed by atoms with van der Waals surface area (Å²) < 4.78 is 6.14. The second-order valence-corrected chi connectivity index (χ2v) is 7.42. The minimum absolute atomic E-state index is 0.0762. The van der Waals surface area contributed by atoms with E-state index in [4.69, 9.17) is 9.84 Å². The quantitative estimate of drug-likeness (QED) is 0.862. The molecule has 5 heteroatoms. The van der Waals surface area contributed by atoms with Gasteiger partial charge < -0.3 is 20.1 Å². The summed E-state index contributed by atoms with van der Waals surface area (Å²) in [6.45, 7) is 2.76. The lowest BCUT2D eigenvalue weighted by molar-refractivity contribution is 0.0944. The van der Waals surface area contributed by atoms with Gasteiger partial charge in [0.25, 0.3) is 5.91 Å². The number of ether oxygens (including phenoxy) is 1. The summed E-state index contributed by atoms with van der Waals surface area (Å²) in [5.41, 5.74) is 6.73. The number of carbonyl (C=O) groups is 1. The van der Waals surface area contributed by atoms with Crippen molar-refractivity contribution in [1.29, 1.82) is 0 Å². The van der Waals surface area contributed by atoms with E-state index in [1.54, 1.807) is 0 Å². The number of carbonyl (C=O) groups excluding carboxylic acids is 1. The normalized spacial score (nSPS) is 16.6. The molecule has 1 fully saturated rings. The third kappa shape index (κ3) is 3.68. The summed E-state index contributed by atoms with van der Waals surface area (Å²) in [5, 5.41) is 11.6. The van der Waals surface area contributed by atoms with Crippen molar-refractivity contribution in [1.82, 2.24) is 10.2 Å². The van der Waals surface area contributed by atoms with Crippen LogP contribution in [0.5, 0.6) is 5.75 Å². The van der Waals surface area contributed by atoms with Crippen molar-refractivity contribution in [2.24, 2.45) is 0 Å². The smallest absolute Gasteiger partial charge is 0.251 e. The molecule has 5 nitrogen and oxygen atoms in total. The minimum atomic E-state index is -0.198. The van der Waals surface area contributed by atoms with Crippen LogP contribution in [0.1, 0.15) is 39.9 Å². The minimum Gasteiger partial charge on any atom is -0.488 e. The molecule has 4 rings (SSSR count). The molecule has 146 valence electrons. The van der Waals surface area contributed by atoms with Crippen LogP contribution in [-0.4, -0.2) is 49.2 Å². The van der Waals surface area contributed by atoms with Crippen LogP contribution in [0.4, 0.5) is 0 Å². The van der Waals surface area contributed by atoms with Crippen molar-refractivity contribution in [3.8, 4) is 5.75 Å². The fourth-order valence-corrected chi connectivity index (χ4v) is 3.97. The molecule has 28 heavy (non-hydrogen) atoms. The molecule has 2 aliphatic rings. The molecule has 0 aromatic heterocycles. The third-order valence-corrected chi connectivity index (χ3v) is 5.52. The first-order valence-electron chi connectivity index (χ1n) is 9.82. The van der Waals surface area contributed by atoms with Gasteiger partial charge in [0, 0.05) is 30.8 Å². The highest BCUT2D eigenvalue weighted by Crippen LogP contribution is 2.41. The Morgan fingerprint density at radius 1 is 1.14 bits per heavy atom. The van der Waals surface area contributed by atoms with Crippen LogP contribution in [0.2, 0.25) is 0 Å². The van der Waals surface area contributed by atoms with E-state index in [1.807, 2.05) is 24.3 Å². The number of amides is 1. The Kier molecular flexibility index (Phi) is 5.46. The van der Waals surface area contributed by atoms with E-state index in [2.05, 4.69) is 35.5 Å². The first-order chi connectivity index (χ1) is 13.7. The zero-order chi connectivity index (χ0) is 19.5. The number of rotatable bonds is 3. The molecule has 1 amide bonds. The summed E-state index contributed by atoms with van der Waals surface area (Å²) in [6, 6.07) is 14.1. The topological polar surface area (TPSA) is 61.8 Å². The van der Waals surface area contributed by atoms with Gasteiger partial charge in [-0.15, -0.1) is 0 Å². The van der Waals surface area contributed by atoms with Crippen molar-refractivity contribution >= 4 is 11.5 Å². The summed E-state index contributed by atoms with van der Waals surface area (Å²) in [4.78, 5) is 14.7. The first kappa shape index (κ1) is 18.7. The van der Waals surface area contributed by atoms with E-state index in [0.29, 0.717) is 12.2 Å². The summed E-state index contributed by atoms with van der Waals surface area (Å²) in [6.07, 6.45) is 2.08. The highest BCUT2D eigenvalue weighted by atomic mass is 16.5. The van der Waals surface area contributed by atoms with Crippen LogP contribution in [0.15, 0.2) is 48.0 Å². The Labute approximate surface area is 165 Å². The Morgan fingerprint density at radius 2 is 1.93 bits per heavy atom. The molecule has 0 radical (unpaired) electrons. The van der Waals surface area contributed by atoms with Gasteiger partial charge in [0.05, 0.1) is 6.61 Å². The standard InChI is InChI=1S/C23H26N2O3/c1-25-11-8-16(9-12-25)22-19-5-3-2-4-18(19)15-28-21-14-17(6-7-20(21)22)23(27)24-10-13-26/h2-7,14,26H,8-13,15H2,1H3,(H,24,27). The highest BCUT2D eigenvalue weighted by Gasteiger charge is 2.24. The van der Waals surface area contributed by atoms with Crippen LogP contribution in [0.25, 0.3) is 5.57 Å². The lowest BCUT2D eigenvalue weighted by Crippen LogP contribution is -2.27. The Balaban J connectivity index is 1.80. The average molecular weight is 378 g/mol. The van der Waals surface area contributed by atoms with E-state index >= 15 is 0 Å². The fraction of sp³-hybridized carbons (Fsp3) is 0.348. The molecule has 0 spiro atoms. The number of aliphatic hydroxyl groups is 1. The largest absolute Gasteiger partial charge is 0.488 e. The number of nitrogens with zero attached hydrogens (tertiary/aromatic N) is 1. The van der Waals surface area contributed by atoms with Crippen molar-refractivity contribution < 1.29 is 14.6 Å². The number of hydrogen-bond acceptors (Lipinski definition) is 4. The van der Waals surface area contributed by atoms with Gasteiger partial charge in [0.15, 0.2) is 0 Å². The van der Waals surface area contributed by atoms with Gasteiger partial charge in [-0.25, -0.2) is 0 Å². The molecule has 2 N–H and O–H groups in total. The van der Waals surface area contributed by atoms with Gasteiger partial charge in [-0.2, -0.15) is 0 Å². The monoisotopic (exact) mass is 378 g/mol. The second-order valence-electron chi connectivity index (χ2n) is 7.42. The number of hydrogen-bond donors (Lipinski definition) is 2. The average Bonchev–Trinajstić information content (AvgIpc) is 2.89. The van der Waals surface area contributed by atoms with Crippen molar-refractivity contribution in [2.75, 3.05) is 33.3 Å². The van der Waals surface area contributed by atoms with Crippen LogP contribution in [-0.2, 0) is 6.61 Å². The molecular formula is C23H26N2O3. The molecule has 2 aromatic rings. The van der Waals surface area contributed by atoms with Crippen LogP contribution in [0, 0.1) is 0 Å². The number of likely N-dealkylation sites (tertiary alicyclic amines) is 1. The van der Waals surface area contributed by atoms with Gasteiger partial charge in [0.2, 0.25) is 0 Å². The highest BCUT2D eigenvalue weighted by molar-refractivity contribution is 5.96. The fourth-order valence-electron chi connectivity index (χ4n) is 3.97. The van der Waals surface area contributed by atoms with E-state index in [1.165, 1.54) is 22.3 Å². The molecule has 0 aliphatic carbocycles. The van der Waals surface area contributed by atoms with E-state index < -0.39 is 0 Å².